The van der Waals surface area contributed by atoms with Gasteiger partial charge >= 0.3 is 0 Å². The molecule has 164 valence electrons. The zero-order valence-electron chi connectivity index (χ0n) is 18.4. The van der Waals surface area contributed by atoms with Gasteiger partial charge in [-0.05, 0) is 55.3 Å². The summed E-state index contributed by atoms with van der Waals surface area (Å²) in [5, 5.41) is 0. The molecule has 0 saturated carbocycles. The Bertz CT molecular complexity index is 1120. The number of hydrogen-bond acceptors (Lipinski definition) is 4. The number of benzene rings is 3. The third-order valence-corrected chi connectivity index (χ3v) is 7.12. The van der Waals surface area contributed by atoms with Gasteiger partial charge in [-0.15, -0.1) is 11.8 Å². The predicted molar refractivity (Wildman–Crippen MR) is 132 cm³/mol. The van der Waals surface area contributed by atoms with Crippen molar-refractivity contribution in [3.63, 3.8) is 0 Å². The Hall–Kier alpha value is -2.60. The van der Waals surface area contributed by atoms with Crippen LogP contribution in [-0.4, -0.2) is 41.1 Å². The normalized spacial score (nSPS) is 16.4. The predicted octanol–water partition coefficient (Wildman–Crippen LogP) is 6.06. The number of likely N-dealkylation sites (tertiary alicyclic amines) is 1. The van der Waals surface area contributed by atoms with E-state index < -0.39 is 0 Å². The van der Waals surface area contributed by atoms with E-state index in [1.807, 2.05) is 30.0 Å². The maximum Gasteiger partial charge on any atom is 0.141 e. The fourth-order valence-corrected chi connectivity index (χ4v) is 5.14. The van der Waals surface area contributed by atoms with E-state index in [2.05, 4.69) is 77.6 Å². The number of nitrogens with one attached hydrogen (secondary N) is 1. The van der Waals surface area contributed by atoms with E-state index >= 15 is 0 Å². The average molecular weight is 444 g/mol. The van der Waals surface area contributed by atoms with Crippen molar-refractivity contribution < 1.29 is 4.74 Å². The van der Waals surface area contributed by atoms with E-state index in [0.29, 0.717) is 0 Å². The first-order chi connectivity index (χ1) is 15.7. The lowest BCUT2D eigenvalue weighted by atomic mass is 10.1. The minimum Gasteiger partial charge on any atom is -0.362 e. The van der Waals surface area contributed by atoms with E-state index in [9.17, 15) is 0 Å². The summed E-state index contributed by atoms with van der Waals surface area (Å²) in [5.41, 5.74) is 4.52. The third-order valence-electron chi connectivity index (χ3n) is 6.06. The van der Waals surface area contributed by atoms with Crippen LogP contribution in [0.15, 0.2) is 83.8 Å². The summed E-state index contributed by atoms with van der Waals surface area (Å²) < 4.78 is 6.73. The van der Waals surface area contributed by atoms with Gasteiger partial charge < -0.3 is 14.6 Å². The van der Waals surface area contributed by atoms with Gasteiger partial charge in [0.2, 0.25) is 0 Å². The molecule has 3 aromatic carbocycles. The van der Waals surface area contributed by atoms with Gasteiger partial charge in [0, 0.05) is 23.7 Å². The van der Waals surface area contributed by atoms with Crippen LogP contribution < -0.4 is 0 Å². The van der Waals surface area contributed by atoms with Crippen molar-refractivity contribution in [2.24, 2.45) is 0 Å². The van der Waals surface area contributed by atoms with Crippen molar-refractivity contribution in [2.75, 3.05) is 20.1 Å². The number of H-pyrrole nitrogens is 1. The van der Waals surface area contributed by atoms with Crippen molar-refractivity contribution in [2.45, 2.75) is 35.7 Å². The van der Waals surface area contributed by atoms with Gasteiger partial charge in [-0.3, -0.25) is 0 Å². The molecule has 0 bridgehead atoms. The monoisotopic (exact) mass is 443 g/mol. The molecule has 1 aromatic heterocycles. The minimum absolute atomic E-state index is 0.201. The molecule has 0 radical (unpaired) electrons. The molecule has 5 heteroatoms. The standard InChI is InChI=1S/C27H29N3OS/c1-30-16-14-22(15-17-30)31-26(27-28-24-12-5-6-13-25(24)29-27)21-10-7-11-23(18-21)32-19-20-8-3-2-4-9-20/h2-13,18,22,26H,14-17,19H2,1H3,(H,28,29). The lowest BCUT2D eigenvalue weighted by Crippen LogP contribution is -2.35. The van der Waals surface area contributed by atoms with Gasteiger partial charge in [-0.1, -0.05) is 54.6 Å². The largest absolute Gasteiger partial charge is 0.362 e. The van der Waals surface area contributed by atoms with Crippen LogP contribution in [-0.2, 0) is 10.5 Å². The first-order valence-corrected chi connectivity index (χ1v) is 12.3. The number of thioether (sulfide) groups is 1. The summed E-state index contributed by atoms with van der Waals surface area (Å²) in [7, 11) is 2.18. The summed E-state index contributed by atoms with van der Waals surface area (Å²) in [4.78, 5) is 12.0. The fourth-order valence-electron chi connectivity index (χ4n) is 4.22. The lowest BCUT2D eigenvalue weighted by Gasteiger charge is -2.31. The molecule has 1 fully saturated rings. The van der Waals surface area contributed by atoms with Crippen LogP contribution in [0.4, 0.5) is 0 Å². The summed E-state index contributed by atoms with van der Waals surface area (Å²) in [6.45, 7) is 2.15. The minimum atomic E-state index is -0.201. The highest BCUT2D eigenvalue weighted by Crippen LogP contribution is 2.32. The van der Waals surface area contributed by atoms with Crippen LogP contribution in [0.5, 0.6) is 0 Å². The Labute approximate surface area is 194 Å². The van der Waals surface area contributed by atoms with Gasteiger partial charge in [0.1, 0.15) is 11.9 Å². The fraction of sp³-hybridized carbons (Fsp3) is 0.296. The number of hydrogen-bond donors (Lipinski definition) is 1. The molecule has 0 aliphatic carbocycles. The first-order valence-electron chi connectivity index (χ1n) is 11.3. The Balaban J connectivity index is 1.41. The number of fused-ring (bicyclic) bond motifs is 1. The Kier molecular flexibility index (Phi) is 6.58. The molecule has 1 unspecified atom stereocenters. The summed E-state index contributed by atoms with van der Waals surface area (Å²) in [6, 6.07) is 27.6. The molecule has 32 heavy (non-hydrogen) atoms. The van der Waals surface area contributed by atoms with E-state index in [4.69, 9.17) is 9.72 Å². The molecule has 2 heterocycles. The van der Waals surface area contributed by atoms with Crippen molar-refractivity contribution in [1.82, 2.24) is 14.9 Å². The molecule has 1 saturated heterocycles. The van der Waals surface area contributed by atoms with E-state index in [-0.39, 0.29) is 12.2 Å². The summed E-state index contributed by atoms with van der Waals surface area (Å²) in [5.74, 6) is 1.84. The quantitative estimate of drug-likeness (QED) is 0.353. The molecule has 0 spiro atoms. The highest BCUT2D eigenvalue weighted by molar-refractivity contribution is 7.98. The zero-order chi connectivity index (χ0) is 21.8. The molecule has 1 aliphatic rings. The number of aromatic nitrogens is 2. The van der Waals surface area contributed by atoms with Crippen LogP contribution in [0, 0.1) is 0 Å². The van der Waals surface area contributed by atoms with Crippen molar-refractivity contribution >= 4 is 22.8 Å². The third kappa shape index (κ3) is 5.07. The van der Waals surface area contributed by atoms with Gasteiger partial charge in [0.25, 0.3) is 0 Å². The van der Waals surface area contributed by atoms with Crippen molar-refractivity contribution in [3.8, 4) is 0 Å². The number of rotatable bonds is 7. The maximum atomic E-state index is 6.73. The zero-order valence-corrected chi connectivity index (χ0v) is 19.2. The van der Waals surface area contributed by atoms with Gasteiger partial charge in [0.05, 0.1) is 17.1 Å². The molecule has 1 atom stereocenters. The van der Waals surface area contributed by atoms with Crippen LogP contribution in [0.2, 0.25) is 0 Å². The topological polar surface area (TPSA) is 41.1 Å². The maximum absolute atomic E-state index is 6.73. The molecule has 0 amide bonds. The summed E-state index contributed by atoms with van der Waals surface area (Å²) >= 11 is 1.86. The second-order valence-corrected chi connectivity index (χ2v) is 9.55. The molecular formula is C27H29N3OS. The molecule has 1 N–H and O–H groups in total. The number of ether oxygens (including phenoxy) is 1. The molecule has 5 rings (SSSR count). The van der Waals surface area contributed by atoms with Gasteiger partial charge in [-0.2, -0.15) is 0 Å². The van der Waals surface area contributed by atoms with E-state index in [0.717, 1.165) is 54.1 Å². The highest BCUT2D eigenvalue weighted by Gasteiger charge is 2.26. The number of piperidine rings is 1. The number of imidazole rings is 1. The molecule has 1 aliphatic heterocycles. The molecule has 4 aromatic rings. The lowest BCUT2D eigenvalue weighted by molar-refractivity contribution is -0.0264. The number of aromatic amines is 1. The average Bonchev–Trinajstić information content (AvgIpc) is 3.27. The van der Waals surface area contributed by atoms with E-state index in [1.54, 1.807) is 0 Å². The number of para-hydroxylation sites is 2. The second kappa shape index (κ2) is 9.90. The smallest absolute Gasteiger partial charge is 0.141 e. The Morgan fingerprint density at radius 3 is 2.59 bits per heavy atom. The van der Waals surface area contributed by atoms with Crippen LogP contribution in [0.3, 0.4) is 0 Å². The van der Waals surface area contributed by atoms with Gasteiger partial charge in [-0.25, -0.2) is 4.98 Å². The first kappa shape index (κ1) is 21.3. The highest BCUT2D eigenvalue weighted by atomic mass is 32.2. The van der Waals surface area contributed by atoms with Gasteiger partial charge in [0.15, 0.2) is 0 Å². The van der Waals surface area contributed by atoms with Crippen LogP contribution in [0.25, 0.3) is 11.0 Å². The molecule has 4 nitrogen and oxygen atoms in total. The van der Waals surface area contributed by atoms with Crippen molar-refractivity contribution in [3.05, 3.63) is 95.8 Å². The Morgan fingerprint density at radius 1 is 1.00 bits per heavy atom. The summed E-state index contributed by atoms with van der Waals surface area (Å²) in [6.07, 6.45) is 2.14. The number of nitrogens with zero attached hydrogens (tertiary/aromatic N) is 2. The van der Waals surface area contributed by atoms with E-state index in [1.165, 1.54) is 10.5 Å². The van der Waals surface area contributed by atoms with Crippen LogP contribution in [0.1, 0.15) is 35.9 Å². The van der Waals surface area contributed by atoms with Crippen molar-refractivity contribution in [1.29, 1.82) is 0 Å². The SMILES string of the molecule is CN1CCC(OC(c2cccc(SCc3ccccc3)c2)c2nc3ccccc3[nH]2)CC1. The molecular weight excluding hydrogens is 414 g/mol. The van der Waals surface area contributed by atoms with Crippen LogP contribution >= 0.6 is 11.8 Å². The second-order valence-electron chi connectivity index (χ2n) is 8.50. The Morgan fingerprint density at radius 2 is 1.78 bits per heavy atom.